The van der Waals surface area contributed by atoms with E-state index in [1.165, 1.54) is 27.3 Å². The molecule has 0 unspecified atom stereocenters. The van der Waals surface area contributed by atoms with E-state index in [0.717, 1.165) is 18.8 Å². The minimum Gasteiger partial charge on any atom is -0.488 e. The molecule has 2 nitrogen and oxygen atoms in total. The molecule has 3 heteroatoms. The SMILES string of the molecule is CCCNCc1ccc(COc2cc(C)ccc2C)s1. The Hall–Kier alpha value is -1.32. The van der Waals surface area contributed by atoms with Gasteiger partial charge in [0.05, 0.1) is 0 Å². The molecule has 2 aromatic rings. The number of rotatable bonds is 7. The van der Waals surface area contributed by atoms with E-state index in [0.29, 0.717) is 6.61 Å². The van der Waals surface area contributed by atoms with Crippen molar-refractivity contribution >= 4 is 11.3 Å². The number of hydrogen-bond donors (Lipinski definition) is 1. The number of aryl methyl sites for hydroxylation is 2. The van der Waals surface area contributed by atoms with Crippen LogP contribution in [0.15, 0.2) is 30.3 Å². The van der Waals surface area contributed by atoms with E-state index in [-0.39, 0.29) is 0 Å². The fourth-order valence-corrected chi connectivity index (χ4v) is 2.90. The molecule has 0 saturated heterocycles. The Morgan fingerprint density at radius 1 is 1.10 bits per heavy atom. The van der Waals surface area contributed by atoms with Crippen molar-refractivity contribution < 1.29 is 4.74 Å². The largest absolute Gasteiger partial charge is 0.488 e. The summed E-state index contributed by atoms with van der Waals surface area (Å²) >= 11 is 1.83. The molecule has 0 atom stereocenters. The molecule has 0 amide bonds. The van der Waals surface area contributed by atoms with Gasteiger partial charge in [0.15, 0.2) is 0 Å². The zero-order valence-corrected chi connectivity index (χ0v) is 13.3. The van der Waals surface area contributed by atoms with Gasteiger partial charge in [-0.15, -0.1) is 11.3 Å². The topological polar surface area (TPSA) is 21.3 Å². The summed E-state index contributed by atoms with van der Waals surface area (Å²) < 4.78 is 5.93. The molecule has 0 radical (unpaired) electrons. The van der Waals surface area contributed by atoms with Gasteiger partial charge in [-0.3, -0.25) is 0 Å². The van der Waals surface area contributed by atoms with Crippen molar-refractivity contribution in [3.63, 3.8) is 0 Å². The Morgan fingerprint density at radius 2 is 1.90 bits per heavy atom. The van der Waals surface area contributed by atoms with Crippen molar-refractivity contribution in [3.05, 3.63) is 51.2 Å². The molecular weight excluding hydrogens is 266 g/mol. The van der Waals surface area contributed by atoms with Crippen LogP contribution < -0.4 is 10.1 Å². The minimum absolute atomic E-state index is 0.655. The van der Waals surface area contributed by atoms with Crippen LogP contribution in [0.25, 0.3) is 0 Å². The van der Waals surface area contributed by atoms with E-state index >= 15 is 0 Å². The zero-order chi connectivity index (χ0) is 14.4. The summed E-state index contributed by atoms with van der Waals surface area (Å²) in [6.45, 7) is 9.06. The molecule has 0 bridgehead atoms. The van der Waals surface area contributed by atoms with Gasteiger partial charge in [-0.05, 0) is 56.1 Å². The highest BCUT2D eigenvalue weighted by Crippen LogP contribution is 2.23. The minimum atomic E-state index is 0.655. The van der Waals surface area contributed by atoms with Crippen LogP contribution in [-0.2, 0) is 13.2 Å². The van der Waals surface area contributed by atoms with Gasteiger partial charge in [0, 0.05) is 16.3 Å². The van der Waals surface area contributed by atoms with Crippen molar-refractivity contribution in [1.82, 2.24) is 5.32 Å². The summed E-state index contributed by atoms with van der Waals surface area (Å²) in [5.41, 5.74) is 2.43. The second-order valence-electron chi connectivity index (χ2n) is 5.10. The number of thiophene rings is 1. The van der Waals surface area contributed by atoms with Crippen LogP contribution in [0.3, 0.4) is 0 Å². The summed E-state index contributed by atoms with van der Waals surface area (Å²) in [6.07, 6.45) is 1.17. The summed E-state index contributed by atoms with van der Waals surface area (Å²) in [5, 5.41) is 3.42. The molecule has 1 aromatic carbocycles. The third kappa shape index (κ3) is 4.36. The molecule has 1 heterocycles. The Kier molecular flexibility index (Phi) is 5.62. The third-order valence-electron chi connectivity index (χ3n) is 3.16. The Balaban J connectivity index is 1.89. The maximum absolute atomic E-state index is 5.93. The van der Waals surface area contributed by atoms with Crippen molar-refractivity contribution in [3.8, 4) is 5.75 Å². The Morgan fingerprint density at radius 3 is 2.70 bits per heavy atom. The second-order valence-corrected chi connectivity index (χ2v) is 6.36. The first-order chi connectivity index (χ1) is 9.69. The fourth-order valence-electron chi connectivity index (χ4n) is 1.99. The van der Waals surface area contributed by atoms with E-state index in [4.69, 9.17) is 4.74 Å². The van der Waals surface area contributed by atoms with Crippen molar-refractivity contribution in [2.45, 2.75) is 40.3 Å². The molecule has 0 aliphatic heterocycles. The summed E-state index contributed by atoms with van der Waals surface area (Å²) in [4.78, 5) is 2.65. The van der Waals surface area contributed by atoms with Gasteiger partial charge in [-0.25, -0.2) is 0 Å². The smallest absolute Gasteiger partial charge is 0.123 e. The number of ether oxygens (including phenoxy) is 1. The molecule has 2 rings (SSSR count). The van der Waals surface area contributed by atoms with Crippen LogP contribution in [0.2, 0.25) is 0 Å². The normalized spacial score (nSPS) is 10.8. The van der Waals surface area contributed by atoms with Crippen LogP contribution in [0.1, 0.15) is 34.2 Å². The van der Waals surface area contributed by atoms with E-state index in [9.17, 15) is 0 Å². The first-order valence-electron chi connectivity index (χ1n) is 7.17. The van der Waals surface area contributed by atoms with Crippen LogP contribution in [-0.4, -0.2) is 6.54 Å². The lowest BCUT2D eigenvalue weighted by atomic mass is 10.1. The van der Waals surface area contributed by atoms with Gasteiger partial charge in [0.25, 0.3) is 0 Å². The van der Waals surface area contributed by atoms with Gasteiger partial charge >= 0.3 is 0 Å². The average molecular weight is 289 g/mol. The van der Waals surface area contributed by atoms with Crippen LogP contribution >= 0.6 is 11.3 Å². The molecule has 0 fully saturated rings. The zero-order valence-electron chi connectivity index (χ0n) is 12.5. The molecule has 0 spiro atoms. The molecule has 0 aliphatic rings. The summed E-state index contributed by atoms with van der Waals surface area (Å²) in [5.74, 6) is 0.990. The monoisotopic (exact) mass is 289 g/mol. The van der Waals surface area contributed by atoms with E-state index in [1.807, 2.05) is 11.3 Å². The fraction of sp³-hybridized carbons (Fsp3) is 0.412. The molecule has 1 N–H and O–H groups in total. The van der Waals surface area contributed by atoms with E-state index in [2.05, 4.69) is 56.4 Å². The maximum atomic E-state index is 5.93. The van der Waals surface area contributed by atoms with Crippen LogP contribution in [0.4, 0.5) is 0 Å². The Labute approximate surface area is 125 Å². The molecule has 20 heavy (non-hydrogen) atoms. The van der Waals surface area contributed by atoms with Crippen LogP contribution in [0.5, 0.6) is 5.75 Å². The van der Waals surface area contributed by atoms with E-state index in [1.54, 1.807) is 0 Å². The highest BCUT2D eigenvalue weighted by Gasteiger charge is 2.03. The molecule has 0 aliphatic carbocycles. The van der Waals surface area contributed by atoms with Gasteiger partial charge in [-0.2, -0.15) is 0 Å². The number of benzene rings is 1. The quantitative estimate of drug-likeness (QED) is 0.761. The first kappa shape index (κ1) is 15.1. The van der Waals surface area contributed by atoms with Gasteiger partial charge in [0.2, 0.25) is 0 Å². The Bertz CT molecular complexity index is 548. The lowest BCUT2D eigenvalue weighted by molar-refractivity contribution is 0.307. The second kappa shape index (κ2) is 7.46. The van der Waals surface area contributed by atoms with Gasteiger partial charge < -0.3 is 10.1 Å². The predicted octanol–water partition coefficient (Wildman–Crippen LogP) is 4.44. The first-order valence-corrected chi connectivity index (χ1v) is 7.99. The predicted molar refractivity (Wildman–Crippen MR) is 86.6 cm³/mol. The summed E-state index contributed by atoms with van der Waals surface area (Å²) in [6, 6.07) is 10.7. The van der Waals surface area contributed by atoms with Gasteiger partial charge in [-0.1, -0.05) is 19.1 Å². The summed E-state index contributed by atoms with van der Waals surface area (Å²) in [7, 11) is 0. The maximum Gasteiger partial charge on any atom is 0.123 e. The van der Waals surface area contributed by atoms with Crippen molar-refractivity contribution in [2.24, 2.45) is 0 Å². The van der Waals surface area contributed by atoms with Crippen molar-refractivity contribution in [1.29, 1.82) is 0 Å². The average Bonchev–Trinajstić information content (AvgIpc) is 2.88. The van der Waals surface area contributed by atoms with Gasteiger partial charge in [0.1, 0.15) is 12.4 Å². The van der Waals surface area contributed by atoms with Crippen molar-refractivity contribution in [2.75, 3.05) is 6.54 Å². The third-order valence-corrected chi connectivity index (χ3v) is 4.22. The lowest BCUT2D eigenvalue weighted by Crippen LogP contribution is -2.12. The standard InChI is InChI=1S/C17H23NOS/c1-4-9-18-11-15-7-8-16(20-15)12-19-17-10-13(2)5-6-14(17)3/h5-8,10,18H,4,9,11-12H2,1-3H3. The molecule has 1 aromatic heterocycles. The highest BCUT2D eigenvalue weighted by atomic mass is 32.1. The molecular formula is C17H23NOS. The lowest BCUT2D eigenvalue weighted by Gasteiger charge is -2.08. The van der Waals surface area contributed by atoms with E-state index < -0.39 is 0 Å². The number of hydrogen-bond acceptors (Lipinski definition) is 3. The number of nitrogens with one attached hydrogen (secondary N) is 1. The molecule has 108 valence electrons. The molecule has 0 saturated carbocycles. The highest BCUT2D eigenvalue weighted by molar-refractivity contribution is 7.11. The van der Waals surface area contributed by atoms with Crippen LogP contribution in [0, 0.1) is 13.8 Å².